The normalized spacial score (nSPS) is 11.1. The summed E-state index contributed by atoms with van der Waals surface area (Å²) in [4.78, 5) is 14.9. The second-order valence-corrected chi connectivity index (χ2v) is 11.0. The minimum Gasteiger partial charge on any atom is -0.208 e. The van der Waals surface area contributed by atoms with Crippen LogP contribution in [0, 0.1) is 27.7 Å². The molecule has 0 saturated carbocycles. The first-order valence-corrected chi connectivity index (χ1v) is 14.5. The molecule has 1 aromatic heterocycles. The molecule has 0 amide bonds. The van der Waals surface area contributed by atoms with E-state index in [1.807, 2.05) is 0 Å². The third kappa shape index (κ3) is 6.37. The van der Waals surface area contributed by atoms with Gasteiger partial charge in [0.15, 0.2) is 17.5 Å². The molecule has 4 aromatic carbocycles. The van der Waals surface area contributed by atoms with E-state index in [4.69, 9.17) is 15.0 Å². The number of benzene rings is 4. The molecule has 0 fully saturated rings. The third-order valence-corrected chi connectivity index (χ3v) is 7.63. The topological polar surface area (TPSA) is 38.7 Å². The molecule has 3 heteroatoms. The number of aryl methyl sites for hydroxylation is 5. The van der Waals surface area contributed by atoms with Crippen molar-refractivity contribution >= 4 is 0 Å². The van der Waals surface area contributed by atoms with Crippen LogP contribution in [0.15, 0.2) is 84.9 Å². The largest absolute Gasteiger partial charge is 0.208 e. The molecule has 0 saturated heterocycles. The second-order valence-electron chi connectivity index (χ2n) is 11.0. The van der Waals surface area contributed by atoms with Gasteiger partial charge in [-0.1, -0.05) is 122 Å². The van der Waals surface area contributed by atoms with Crippen LogP contribution < -0.4 is 0 Å². The summed E-state index contributed by atoms with van der Waals surface area (Å²) in [5, 5.41) is 0. The Balaban J connectivity index is 1.48. The molecule has 0 aliphatic carbocycles. The number of rotatable bonds is 9. The van der Waals surface area contributed by atoms with Crippen LogP contribution >= 0.6 is 0 Å². The Hall–Kier alpha value is -4.11. The summed E-state index contributed by atoms with van der Waals surface area (Å²) in [6.45, 7) is 10.7. The van der Waals surface area contributed by atoms with Gasteiger partial charge in [-0.15, -0.1) is 0 Å². The first kappa shape index (κ1) is 27.5. The maximum atomic E-state index is 4.97. The van der Waals surface area contributed by atoms with E-state index in [2.05, 4.69) is 120 Å². The van der Waals surface area contributed by atoms with Crippen molar-refractivity contribution in [3.8, 4) is 45.3 Å². The second kappa shape index (κ2) is 12.4. The van der Waals surface area contributed by atoms with Gasteiger partial charge in [-0.2, -0.15) is 0 Å². The van der Waals surface area contributed by atoms with E-state index in [1.165, 1.54) is 53.5 Å². The van der Waals surface area contributed by atoms with Crippen LogP contribution in [0.2, 0.25) is 0 Å². The lowest BCUT2D eigenvalue weighted by Crippen LogP contribution is -2.02. The maximum absolute atomic E-state index is 4.97. The summed E-state index contributed by atoms with van der Waals surface area (Å²) < 4.78 is 0. The molecular formula is C37H39N3. The molecule has 0 aliphatic heterocycles. The predicted molar refractivity (Wildman–Crippen MR) is 168 cm³/mol. The summed E-state index contributed by atoms with van der Waals surface area (Å²) in [6.07, 6.45) is 6.34. The average molecular weight is 526 g/mol. The Kier molecular flexibility index (Phi) is 8.50. The Morgan fingerprint density at radius 2 is 0.950 bits per heavy atom. The lowest BCUT2D eigenvalue weighted by Gasteiger charge is -2.12. The van der Waals surface area contributed by atoms with Gasteiger partial charge in [0.05, 0.1) is 0 Å². The summed E-state index contributed by atoms with van der Waals surface area (Å²) in [5.41, 5.74) is 11.7. The quantitative estimate of drug-likeness (QED) is 0.180. The zero-order valence-corrected chi connectivity index (χ0v) is 24.5. The number of hydrogen-bond acceptors (Lipinski definition) is 3. The molecule has 0 N–H and O–H groups in total. The van der Waals surface area contributed by atoms with Gasteiger partial charge in [-0.05, 0) is 68.4 Å². The highest BCUT2D eigenvalue weighted by Gasteiger charge is 2.15. The maximum Gasteiger partial charge on any atom is 0.164 e. The Morgan fingerprint density at radius 3 is 1.45 bits per heavy atom. The summed E-state index contributed by atoms with van der Waals surface area (Å²) in [7, 11) is 0. The van der Waals surface area contributed by atoms with E-state index < -0.39 is 0 Å². The highest BCUT2D eigenvalue weighted by molar-refractivity contribution is 5.72. The van der Waals surface area contributed by atoms with Crippen molar-refractivity contribution in [3.05, 3.63) is 113 Å². The van der Waals surface area contributed by atoms with Crippen LogP contribution in [0.5, 0.6) is 0 Å². The molecule has 0 atom stereocenters. The third-order valence-electron chi connectivity index (χ3n) is 7.63. The first-order valence-electron chi connectivity index (χ1n) is 14.5. The molecule has 0 unspecified atom stereocenters. The van der Waals surface area contributed by atoms with Crippen LogP contribution in [0.3, 0.4) is 0 Å². The number of unbranched alkanes of at least 4 members (excludes halogenated alkanes) is 3. The molecule has 5 aromatic rings. The fourth-order valence-electron chi connectivity index (χ4n) is 5.31. The monoisotopic (exact) mass is 525 g/mol. The van der Waals surface area contributed by atoms with Crippen LogP contribution in [0.4, 0.5) is 0 Å². The lowest BCUT2D eigenvalue weighted by molar-refractivity contribution is 0.667. The first-order chi connectivity index (χ1) is 19.4. The Morgan fingerprint density at radius 1 is 0.475 bits per heavy atom. The highest BCUT2D eigenvalue weighted by Crippen LogP contribution is 2.30. The summed E-state index contributed by atoms with van der Waals surface area (Å²) in [6, 6.07) is 30.4. The number of hydrogen-bond donors (Lipinski definition) is 0. The number of nitrogens with zero attached hydrogens (tertiary/aromatic N) is 3. The van der Waals surface area contributed by atoms with Gasteiger partial charge in [0, 0.05) is 16.7 Å². The van der Waals surface area contributed by atoms with Crippen molar-refractivity contribution in [3.63, 3.8) is 0 Å². The summed E-state index contributed by atoms with van der Waals surface area (Å²) in [5.74, 6) is 2.10. The summed E-state index contributed by atoms with van der Waals surface area (Å²) >= 11 is 0. The van der Waals surface area contributed by atoms with Crippen molar-refractivity contribution in [2.45, 2.75) is 66.7 Å². The van der Waals surface area contributed by atoms with E-state index in [-0.39, 0.29) is 0 Å². The van der Waals surface area contributed by atoms with Crippen LogP contribution in [0.1, 0.15) is 60.4 Å². The van der Waals surface area contributed by atoms with E-state index in [1.54, 1.807) is 0 Å². The van der Waals surface area contributed by atoms with Gasteiger partial charge in [0.25, 0.3) is 0 Å². The van der Waals surface area contributed by atoms with Gasteiger partial charge in [-0.3, -0.25) is 0 Å². The van der Waals surface area contributed by atoms with Crippen molar-refractivity contribution < 1.29 is 0 Å². The van der Waals surface area contributed by atoms with E-state index in [9.17, 15) is 0 Å². The standard InChI is InChI=1S/C37H39N3/c1-6-7-8-9-10-29-13-15-30(16-14-29)31-17-19-32(20-18-31)35-38-36(33-21-11-25(2)23-27(33)4)40-37(39-35)34-22-12-26(3)24-28(34)5/h11-24H,6-10H2,1-5H3. The van der Waals surface area contributed by atoms with Gasteiger partial charge in [0.2, 0.25) is 0 Å². The average Bonchev–Trinajstić information content (AvgIpc) is 2.95. The van der Waals surface area contributed by atoms with Gasteiger partial charge in [0.1, 0.15) is 0 Å². The van der Waals surface area contributed by atoms with E-state index in [0.717, 1.165) is 34.2 Å². The Bertz CT molecular complexity index is 1530. The fraction of sp³-hybridized carbons (Fsp3) is 0.270. The minimum atomic E-state index is 0.689. The zero-order chi connectivity index (χ0) is 28.1. The molecule has 5 rings (SSSR count). The molecular weight excluding hydrogens is 486 g/mol. The number of aromatic nitrogens is 3. The van der Waals surface area contributed by atoms with Crippen molar-refractivity contribution in [2.24, 2.45) is 0 Å². The zero-order valence-electron chi connectivity index (χ0n) is 24.5. The van der Waals surface area contributed by atoms with Crippen molar-refractivity contribution in [1.29, 1.82) is 0 Å². The van der Waals surface area contributed by atoms with Crippen LogP contribution in [-0.4, -0.2) is 15.0 Å². The smallest absolute Gasteiger partial charge is 0.164 e. The molecule has 0 bridgehead atoms. The lowest BCUT2D eigenvalue weighted by atomic mass is 10.00. The molecule has 202 valence electrons. The fourth-order valence-corrected chi connectivity index (χ4v) is 5.31. The van der Waals surface area contributed by atoms with Gasteiger partial charge < -0.3 is 0 Å². The SMILES string of the molecule is CCCCCCc1ccc(-c2ccc(-c3nc(-c4ccc(C)cc4C)nc(-c4ccc(C)cc4C)n3)cc2)cc1. The van der Waals surface area contributed by atoms with Gasteiger partial charge >= 0.3 is 0 Å². The van der Waals surface area contributed by atoms with Crippen LogP contribution in [-0.2, 0) is 6.42 Å². The molecule has 40 heavy (non-hydrogen) atoms. The molecule has 0 spiro atoms. The predicted octanol–water partition coefficient (Wildman–Crippen LogP) is 9.90. The van der Waals surface area contributed by atoms with E-state index in [0.29, 0.717) is 17.5 Å². The van der Waals surface area contributed by atoms with Crippen molar-refractivity contribution in [2.75, 3.05) is 0 Å². The highest BCUT2D eigenvalue weighted by atomic mass is 15.0. The molecule has 0 radical (unpaired) electrons. The van der Waals surface area contributed by atoms with Gasteiger partial charge in [-0.25, -0.2) is 15.0 Å². The molecule has 0 aliphatic rings. The molecule has 3 nitrogen and oxygen atoms in total. The van der Waals surface area contributed by atoms with Crippen LogP contribution in [0.25, 0.3) is 45.3 Å². The minimum absolute atomic E-state index is 0.689. The molecule has 1 heterocycles. The Labute approximate surface area is 239 Å². The van der Waals surface area contributed by atoms with E-state index >= 15 is 0 Å². The van der Waals surface area contributed by atoms with Crippen molar-refractivity contribution in [1.82, 2.24) is 15.0 Å².